The average Bonchev–Trinajstić information content (AvgIpc) is 2.71. The lowest BCUT2D eigenvalue weighted by Crippen LogP contribution is -2.35. The summed E-state index contributed by atoms with van der Waals surface area (Å²) in [4.78, 5) is 36.7. The number of rotatable bonds is 6. The maximum absolute atomic E-state index is 12.6. The number of hydrogen-bond acceptors (Lipinski definition) is 6. The number of methoxy groups -OCH3 is 1. The second-order valence-corrected chi connectivity index (χ2v) is 6.87. The van der Waals surface area contributed by atoms with Crippen LogP contribution in [0.3, 0.4) is 0 Å². The summed E-state index contributed by atoms with van der Waals surface area (Å²) in [6.07, 6.45) is -0.336. The van der Waals surface area contributed by atoms with E-state index in [1.165, 1.54) is 31.4 Å². The fourth-order valence-corrected chi connectivity index (χ4v) is 3.32. The molecule has 30 heavy (non-hydrogen) atoms. The van der Waals surface area contributed by atoms with E-state index in [9.17, 15) is 24.6 Å². The first-order chi connectivity index (χ1) is 14.2. The van der Waals surface area contributed by atoms with Crippen LogP contribution in [0.5, 0.6) is 11.5 Å². The van der Waals surface area contributed by atoms with Crippen LogP contribution >= 0.6 is 0 Å². The molecule has 2 aromatic carbocycles. The van der Waals surface area contributed by atoms with Crippen LogP contribution in [-0.4, -0.2) is 29.2 Å². The van der Waals surface area contributed by atoms with Gasteiger partial charge in [0.1, 0.15) is 17.1 Å². The quantitative estimate of drug-likeness (QED) is 0.532. The van der Waals surface area contributed by atoms with Crippen LogP contribution in [0.4, 0.5) is 0 Å². The van der Waals surface area contributed by atoms with Crippen LogP contribution in [0.2, 0.25) is 0 Å². The Hall–Kier alpha value is -3.81. The van der Waals surface area contributed by atoms with Crippen LogP contribution in [0, 0.1) is 13.8 Å². The molecule has 3 rings (SSSR count). The highest BCUT2D eigenvalue weighted by Crippen LogP contribution is 2.29. The number of carboxylic acid groups (broad SMARTS) is 1. The number of carbonyl (C=O) groups is 2. The molecule has 3 N–H and O–H groups in total. The number of hydrogen-bond donors (Lipinski definition) is 3. The summed E-state index contributed by atoms with van der Waals surface area (Å²) >= 11 is 0. The van der Waals surface area contributed by atoms with Gasteiger partial charge in [0.25, 0.3) is 0 Å². The molecule has 0 saturated carbocycles. The van der Waals surface area contributed by atoms with Crippen LogP contribution in [-0.2, 0) is 16.0 Å². The molecular weight excluding hydrogens is 390 g/mol. The third-order valence-electron chi connectivity index (χ3n) is 4.99. The van der Waals surface area contributed by atoms with Gasteiger partial charge >= 0.3 is 11.6 Å². The highest BCUT2D eigenvalue weighted by atomic mass is 16.5. The van der Waals surface area contributed by atoms with E-state index in [0.29, 0.717) is 33.4 Å². The number of aromatic hydroxyl groups is 1. The lowest BCUT2D eigenvalue weighted by molar-refractivity contribution is -0.142. The number of aliphatic carboxylic acids is 1. The first kappa shape index (κ1) is 20.9. The third kappa shape index (κ3) is 3.98. The van der Waals surface area contributed by atoms with Gasteiger partial charge in [-0.15, -0.1) is 0 Å². The summed E-state index contributed by atoms with van der Waals surface area (Å²) in [5.74, 6) is -1.35. The number of aryl methyl sites for hydroxylation is 2. The predicted octanol–water partition coefficient (Wildman–Crippen LogP) is 2.61. The number of nitrogens with one attached hydrogen (secondary N) is 1. The number of fused-ring (bicyclic) bond motifs is 1. The Morgan fingerprint density at radius 3 is 2.37 bits per heavy atom. The smallest absolute Gasteiger partial charge is 0.340 e. The van der Waals surface area contributed by atoms with E-state index in [-0.39, 0.29) is 17.7 Å². The van der Waals surface area contributed by atoms with Gasteiger partial charge in [-0.05, 0) is 49.2 Å². The van der Waals surface area contributed by atoms with Crippen molar-refractivity contribution in [1.82, 2.24) is 5.32 Å². The number of benzene rings is 2. The van der Waals surface area contributed by atoms with Crippen molar-refractivity contribution in [2.45, 2.75) is 26.3 Å². The number of carboxylic acids is 1. The predicted molar refractivity (Wildman–Crippen MR) is 109 cm³/mol. The summed E-state index contributed by atoms with van der Waals surface area (Å²) in [5, 5.41) is 21.9. The standard InChI is InChI=1S/C22H21NO7/c1-11-15-8-9-17(29-3)12(2)20(15)30-22(28)16(11)10-18(25)23-19(21(26)27)13-4-6-14(24)7-5-13/h4-9,19,24H,10H2,1-3H3,(H,23,25)(H,26,27). The summed E-state index contributed by atoms with van der Waals surface area (Å²) in [6, 6.07) is 7.64. The molecule has 0 aliphatic rings. The van der Waals surface area contributed by atoms with Gasteiger partial charge in [-0.3, -0.25) is 4.79 Å². The highest BCUT2D eigenvalue weighted by Gasteiger charge is 2.24. The molecule has 0 aliphatic heterocycles. The molecule has 1 amide bonds. The maximum atomic E-state index is 12.6. The molecule has 0 radical (unpaired) electrons. The largest absolute Gasteiger partial charge is 0.508 e. The molecule has 8 heteroatoms. The van der Waals surface area contributed by atoms with Crippen molar-refractivity contribution in [1.29, 1.82) is 0 Å². The van der Waals surface area contributed by atoms with Gasteiger partial charge in [0.15, 0.2) is 6.04 Å². The number of amides is 1. The second-order valence-electron chi connectivity index (χ2n) is 6.87. The van der Waals surface area contributed by atoms with Crippen molar-refractivity contribution in [3.63, 3.8) is 0 Å². The molecule has 0 spiro atoms. The summed E-state index contributed by atoms with van der Waals surface area (Å²) < 4.78 is 10.7. The van der Waals surface area contributed by atoms with Crippen LogP contribution in [0.25, 0.3) is 11.0 Å². The number of phenols is 1. The van der Waals surface area contributed by atoms with Gasteiger partial charge in [0.2, 0.25) is 5.91 Å². The van der Waals surface area contributed by atoms with E-state index in [1.54, 1.807) is 26.0 Å². The lowest BCUT2D eigenvalue weighted by Gasteiger charge is -2.16. The van der Waals surface area contributed by atoms with Gasteiger partial charge in [0.05, 0.1) is 19.1 Å². The molecule has 1 unspecified atom stereocenters. The van der Waals surface area contributed by atoms with Crippen LogP contribution in [0.1, 0.15) is 28.3 Å². The molecule has 1 atom stereocenters. The summed E-state index contributed by atoms with van der Waals surface area (Å²) in [7, 11) is 1.52. The van der Waals surface area contributed by atoms with E-state index in [1.807, 2.05) is 0 Å². The van der Waals surface area contributed by atoms with Gasteiger partial charge in [0, 0.05) is 10.9 Å². The summed E-state index contributed by atoms with van der Waals surface area (Å²) in [5.41, 5.74) is 1.41. The van der Waals surface area contributed by atoms with E-state index < -0.39 is 23.5 Å². The fourth-order valence-electron chi connectivity index (χ4n) is 3.32. The lowest BCUT2D eigenvalue weighted by atomic mass is 10.0. The second kappa shape index (κ2) is 8.28. The number of ether oxygens (including phenoxy) is 1. The van der Waals surface area contributed by atoms with Gasteiger partial charge in [-0.1, -0.05) is 12.1 Å². The normalized spacial score (nSPS) is 11.8. The Kier molecular flexibility index (Phi) is 5.77. The molecule has 0 bridgehead atoms. The van der Waals surface area contributed by atoms with E-state index in [2.05, 4.69) is 5.32 Å². The van der Waals surface area contributed by atoms with Gasteiger partial charge < -0.3 is 24.7 Å². The Morgan fingerprint density at radius 1 is 1.10 bits per heavy atom. The Labute approximate surface area is 171 Å². The first-order valence-corrected chi connectivity index (χ1v) is 9.14. The molecular formula is C22H21NO7. The van der Waals surface area contributed by atoms with Crippen molar-refractivity contribution in [2.24, 2.45) is 0 Å². The number of carbonyl (C=O) groups excluding carboxylic acids is 1. The van der Waals surface area contributed by atoms with Crippen molar-refractivity contribution in [3.05, 3.63) is 69.1 Å². The summed E-state index contributed by atoms with van der Waals surface area (Å²) in [6.45, 7) is 3.48. The van der Waals surface area contributed by atoms with E-state index in [4.69, 9.17) is 9.15 Å². The molecule has 1 aromatic heterocycles. The minimum Gasteiger partial charge on any atom is -0.508 e. The molecule has 3 aromatic rings. The Morgan fingerprint density at radius 2 is 1.77 bits per heavy atom. The van der Waals surface area contributed by atoms with Crippen LogP contribution in [0.15, 0.2) is 45.6 Å². The average molecular weight is 411 g/mol. The van der Waals surface area contributed by atoms with Crippen molar-refractivity contribution >= 4 is 22.8 Å². The Balaban J connectivity index is 1.91. The highest BCUT2D eigenvalue weighted by molar-refractivity contribution is 5.89. The molecule has 1 heterocycles. The molecule has 8 nitrogen and oxygen atoms in total. The minimum absolute atomic E-state index is 0.0227. The van der Waals surface area contributed by atoms with Crippen LogP contribution < -0.4 is 15.7 Å². The monoisotopic (exact) mass is 411 g/mol. The number of phenolic OH excluding ortho intramolecular Hbond substituents is 1. The third-order valence-corrected chi connectivity index (χ3v) is 4.99. The zero-order valence-corrected chi connectivity index (χ0v) is 16.7. The fraction of sp³-hybridized carbons (Fsp3) is 0.227. The molecule has 0 saturated heterocycles. The molecule has 0 fully saturated rings. The molecule has 156 valence electrons. The zero-order valence-electron chi connectivity index (χ0n) is 16.7. The maximum Gasteiger partial charge on any atom is 0.340 e. The minimum atomic E-state index is -1.32. The van der Waals surface area contributed by atoms with Gasteiger partial charge in [-0.25, -0.2) is 9.59 Å². The zero-order chi connectivity index (χ0) is 22.0. The van der Waals surface area contributed by atoms with Crippen molar-refractivity contribution in [2.75, 3.05) is 7.11 Å². The van der Waals surface area contributed by atoms with E-state index >= 15 is 0 Å². The Bertz CT molecular complexity index is 1180. The van der Waals surface area contributed by atoms with Crippen molar-refractivity contribution < 1.29 is 29.0 Å². The van der Waals surface area contributed by atoms with Gasteiger partial charge in [-0.2, -0.15) is 0 Å². The topological polar surface area (TPSA) is 126 Å². The SMILES string of the molecule is COc1ccc2c(C)c(CC(=O)NC(C(=O)O)c3ccc(O)cc3)c(=O)oc2c1C. The molecule has 0 aliphatic carbocycles. The first-order valence-electron chi connectivity index (χ1n) is 9.14. The van der Waals surface area contributed by atoms with E-state index in [0.717, 1.165) is 0 Å². The van der Waals surface area contributed by atoms with Crippen molar-refractivity contribution in [3.8, 4) is 11.5 Å².